The minimum atomic E-state index is -0.186. The Hall–Kier alpha value is -2.21. The van der Waals surface area contributed by atoms with Gasteiger partial charge in [0.25, 0.3) is 11.8 Å². The van der Waals surface area contributed by atoms with Gasteiger partial charge >= 0.3 is 0 Å². The van der Waals surface area contributed by atoms with Crippen molar-refractivity contribution >= 4 is 17.7 Å². The maximum atomic E-state index is 12.3. The van der Waals surface area contributed by atoms with E-state index in [1.54, 1.807) is 31.2 Å². The highest BCUT2D eigenvalue weighted by molar-refractivity contribution is 6.21. The van der Waals surface area contributed by atoms with Crippen molar-refractivity contribution in [3.63, 3.8) is 0 Å². The summed E-state index contributed by atoms with van der Waals surface area (Å²) >= 11 is 0. The second-order valence-corrected chi connectivity index (χ2v) is 6.36. The van der Waals surface area contributed by atoms with E-state index in [0.29, 0.717) is 17.7 Å². The van der Waals surface area contributed by atoms with Crippen molar-refractivity contribution in [2.24, 2.45) is 0 Å². The number of carbonyl (C=O) groups excluding carboxylic acids is 3. The zero-order chi connectivity index (χ0) is 17.1. The van der Waals surface area contributed by atoms with Crippen LogP contribution in [-0.2, 0) is 4.79 Å². The molecule has 0 bridgehead atoms. The lowest BCUT2D eigenvalue weighted by Gasteiger charge is -2.22. The van der Waals surface area contributed by atoms with Gasteiger partial charge in [-0.05, 0) is 38.1 Å². The lowest BCUT2D eigenvalue weighted by Crippen LogP contribution is -2.36. The Kier molecular flexibility index (Phi) is 4.94. The number of hydrogen-bond acceptors (Lipinski definition) is 4. The number of imide groups is 1. The summed E-state index contributed by atoms with van der Waals surface area (Å²) in [7, 11) is 0. The molecule has 128 valence electrons. The molecule has 0 aliphatic carbocycles. The lowest BCUT2D eigenvalue weighted by atomic mass is 10.1. The molecule has 0 saturated carbocycles. The topological polar surface area (TPSA) is 60.9 Å². The average Bonchev–Trinajstić information content (AvgIpc) is 2.75. The Morgan fingerprint density at radius 1 is 0.958 bits per heavy atom. The second kappa shape index (κ2) is 7.13. The first-order chi connectivity index (χ1) is 11.6. The highest BCUT2D eigenvalue weighted by Crippen LogP contribution is 2.22. The molecule has 0 radical (unpaired) electrons. The summed E-state index contributed by atoms with van der Waals surface area (Å²) in [4.78, 5) is 41.6. The molecule has 2 heterocycles. The number of benzene rings is 1. The molecule has 6 nitrogen and oxygen atoms in total. The third-order valence-electron chi connectivity index (χ3n) is 4.77. The van der Waals surface area contributed by atoms with Crippen molar-refractivity contribution in [3.05, 3.63) is 35.4 Å². The third-order valence-corrected chi connectivity index (χ3v) is 4.77. The van der Waals surface area contributed by atoms with Crippen LogP contribution in [0.25, 0.3) is 0 Å². The number of amides is 3. The molecule has 3 amide bonds. The van der Waals surface area contributed by atoms with Gasteiger partial charge in [-0.15, -0.1) is 0 Å². The summed E-state index contributed by atoms with van der Waals surface area (Å²) in [6, 6.07) is 6.98. The van der Waals surface area contributed by atoms with Crippen molar-refractivity contribution in [1.82, 2.24) is 14.7 Å². The van der Waals surface area contributed by atoms with Crippen LogP contribution < -0.4 is 0 Å². The van der Waals surface area contributed by atoms with E-state index in [0.717, 1.165) is 45.6 Å². The van der Waals surface area contributed by atoms with Crippen molar-refractivity contribution in [1.29, 1.82) is 0 Å². The van der Waals surface area contributed by atoms with Crippen LogP contribution in [0, 0.1) is 0 Å². The molecule has 6 heteroatoms. The van der Waals surface area contributed by atoms with Gasteiger partial charge in [-0.1, -0.05) is 12.1 Å². The van der Waals surface area contributed by atoms with Gasteiger partial charge in [0.1, 0.15) is 0 Å². The fourth-order valence-electron chi connectivity index (χ4n) is 3.40. The van der Waals surface area contributed by atoms with Crippen LogP contribution in [0.3, 0.4) is 0 Å². The maximum absolute atomic E-state index is 12.3. The monoisotopic (exact) mass is 329 g/mol. The van der Waals surface area contributed by atoms with E-state index in [1.165, 1.54) is 4.90 Å². The molecule has 2 aliphatic heterocycles. The van der Waals surface area contributed by atoms with Gasteiger partial charge in [0.15, 0.2) is 0 Å². The minimum absolute atomic E-state index is 0.128. The highest BCUT2D eigenvalue weighted by atomic mass is 16.2. The summed E-state index contributed by atoms with van der Waals surface area (Å²) in [5, 5.41) is 0. The second-order valence-electron chi connectivity index (χ2n) is 6.36. The molecular weight excluding hydrogens is 306 g/mol. The summed E-state index contributed by atoms with van der Waals surface area (Å²) < 4.78 is 0. The number of carbonyl (C=O) groups is 3. The molecule has 0 spiro atoms. The third kappa shape index (κ3) is 3.33. The number of nitrogens with zero attached hydrogens (tertiary/aromatic N) is 3. The van der Waals surface area contributed by atoms with Crippen LogP contribution in [-0.4, -0.2) is 71.7 Å². The number of hydrogen-bond donors (Lipinski definition) is 0. The fourth-order valence-corrected chi connectivity index (χ4v) is 3.40. The van der Waals surface area contributed by atoms with Crippen molar-refractivity contribution in [2.45, 2.75) is 19.8 Å². The van der Waals surface area contributed by atoms with E-state index in [1.807, 2.05) is 4.90 Å². The molecule has 0 N–H and O–H groups in total. The molecule has 1 fully saturated rings. The van der Waals surface area contributed by atoms with Gasteiger partial charge in [-0.2, -0.15) is 0 Å². The van der Waals surface area contributed by atoms with Crippen LogP contribution in [0.15, 0.2) is 24.3 Å². The van der Waals surface area contributed by atoms with Gasteiger partial charge in [0, 0.05) is 33.1 Å². The molecule has 1 saturated heterocycles. The van der Waals surface area contributed by atoms with E-state index in [2.05, 4.69) is 4.90 Å². The van der Waals surface area contributed by atoms with E-state index in [9.17, 15) is 14.4 Å². The number of rotatable bonds is 4. The molecule has 3 rings (SSSR count). The number of fused-ring (bicyclic) bond motifs is 1. The SMILES string of the molecule is CC(=O)N1CCCN(CCCN2C(=O)c3ccccc3C2=O)CC1. The van der Waals surface area contributed by atoms with Gasteiger partial charge < -0.3 is 9.80 Å². The van der Waals surface area contributed by atoms with Crippen LogP contribution in [0.1, 0.15) is 40.5 Å². The molecule has 24 heavy (non-hydrogen) atoms. The Morgan fingerprint density at radius 3 is 2.25 bits per heavy atom. The van der Waals surface area contributed by atoms with Crippen LogP contribution in [0.5, 0.6) is 0 Å². The largest absolute Gasteiger partial charge is 0.342 e. The van der Waals surface area contributed by atoms with Gasteiger partial charge in [-0.3, -0.25) is 19.3 Å². The van der Waals surface area contributed by atoms with E-state index < -0.39 is 0 Å². The van der Waals surface area contributed by atoms with E-state index in [-0.39, 0.29) is 17.7 Å². The summed E-state index contributed by atoms with van der Waals surface area (Å²) in [5.74, 6) is -0.244. The summed E-state index contributed by atoms with van der Waals surface area (Å²) in [5.41, 5.74) is 1.02. The van der Waals surface area contributed by atoms with Gasteiger partial charge in [0.05, 0.1) is 11.1 Å². The molecule has 1 aromatic carbocycles. The summed E-state index contributed by atoms with van der Waals surface area (Å²) in [6.45, 7) is 6.25. The summed E-state index contributed by atoms with van der Waals surface area (Å²) in [6.07, 6.45) is 1.72. The molecule has 0 aromatic heterocycles. The fraction of sp³-hybridized carbons (Fsp3) is 0.500. The lowest BCUT2D eigenvalue weighted by molar-refractivity contribution is -0.128. The minimum Gasteiger partial charge on any atom is -0.342 e. The first kappa shape index (κ1) is 16.6. The quantitative estimate of drug-likeness (QED) is 0.780. The Balaban J connectivity index is 1.50. The first-order valence-electron chi connectivity index (χ1n) is 8.51. The van der Waals surface area contributed by atoms with E-state index >= 15 is 0 Å². The molecule has 2 aliphatic rings. The van der Waals surface area contributed by atoms with E-state index in [4.69, 9.17) is 0 Å². The normalized spacial score (nSPS) is 18.7. The van der Waals surface area contributed by atoms with Gasteiger partial charge in [0.2, 0.25) is 5.91 Å². The first-order valence-corrected chi connectivity index (χ1v) is 8.51. The predicted molar refractivity (Wildman–Crippen MR) is 89.7 cm³/mol. The molecule has 1 aromatic rings. The Labute approximate surface area is 142 Å². The smallest absolute Gasteiger partial charge is 0.261 e. The van der Waals surface area contributed by atoms with Crippen molar-refractivity contribution < 1.29 is 14.4 Å². The standard InChI is InChI=1S/C18H23N3O3/c1-14(22)20-10-4-8-19(12-13-20)9-5-11-21-17(23)15-6-2-3-7-16(15)18(21)24/h2-3,6-7H,4-5,8-13H2,1H3. The van der Waals surface area contributed by atoms with Crippen molar-refractivity contribution in [2.75, 3.05) is 39.3 Å². The predicted octanol–water partition coefficient (Wildman–Crippen LogP) is 1.23. The maximum Gasteiger partial charge on any atom is 0.261 e. The molecule has 0 atom stereocenters. The average molecular weight is 329 g/mol. The zero-order valence-electron chi connectivity index (χ0n) is 14.0. The Bertz CT molecular complexity index is 624. The van der Waals surface area contributed by atoms with Crippen LogP contribution in [0.4, 0.5) is 0 Å². The zero-order valence-corrected chi connectivity index (χ0v) is 14.0. The molecule has 0 unspecified atom stereocenters. The van der Waals surface area contributed by atoms with Crippen molar-refractivity contribution in [3.8, 4) is 0 Å². The van der Waals surface area contributed by atoms with Gasteiger partial charge in [-0.25, -0.2) is 0 Å². The van der Waals surface area contributed by atoms with Crippen LogP contribution in [0.2, 0.25) is 0 Å². The Morgan fingerprint density at radius 2 is 1.62 bits per heavy atom. The highest BCUT2D eigenvalue weighted by Gasteiger charge is 2.34. The van der Waals surface area contributed by atoms with Crippen LogP contribution >= 0.6 is 0 Å². The molecular formula is C18H23N3O3.